The number of aliphatic hydroxyl groups excluding tert-OH is 1. The largest absolute Gasteiger partial charge is 0.493 e. The Morgan fingerprint density at radius 1 is 1.17 bits per heavy atom. The summed E-state index contributed by atoms with van der Waals surface area (Å²) >= 11 is 0. The molecule has 0 aliphatic rings. The van der Waals surface area contributed by atoms with E-state index in [4.69, 9.17) is 19.3 Å². The van der Waals surface area contributed by atoms with Gasteiger partial charge in [0.15, 0.2) is 11.5 Å². The summed E-state index contributed by atoms with van der Waals surface area (Å²) in [5.41, 5.74) is -0.220. The van der Waals surface area contributed by atoms with E-state index >= 15 is 0 Å². The third-order valence-corrected chi connectivity index (χ3v) is 3.81. The van der Waals surface area contributed by atoms with Crippen molar-refractivity contribution in [3.63, 3.8) is 0 Å². The maximum atomic E-state index is 11.7. The molecule has 0 saturated carbocycles. The van der Waals surface area contributed by atoms with Gasteiger partial charge in [0.25, 0.3) is 5.69 Å². The van der Waals surface area contributed by atoms with Crippen molar-refractivity contribution in [2.24, 2.45) is 0 Å². The Balaban J connectivity index is 2.93. The Kier molecular flexibility index (Phi) is 9.82. The van der Waals surface area contributed by atoms with Gasteiger partial charge in [-0.05, 0) is 40.2 Å². The first-order chi connectivity index (χ1) is 14.0. The van der Waals surface area contributed by atoms with Gasteiger partial charge in [0.05, 0.1) is 30.3 Å². The van der Waals surface area contributed by atoms with Crippen LogP contribution in [-0.2, 0) is 9.53 Å². The summed E-state index contributed by atoms with van der Waals surface area (Å²) < 4.78 is 15.9. The van der Waals surface area contributed by atoms with Crippen molar-refractivity contribution in [1.29, 1.82) is 0 Å². The molecule has 0 aliphatic carbocycles. The summed E-state index contributed by atoms with van der Waals surface area (Å²) in [6.07, 6.45) is -2.38. The molecular formula is C19H29N3O8. The number of hydrogen-bond donors (Lipinski definition) is 3. The molecule has 1 aromatic rings. The third kappa shape index (κ3) is 8.11. The summed E-state index contributed by atoms with van der Waals surface area (Å²) in [4.78, 5) is 34.3. The monoisotopic (exact) mass is 427 g/mol. The number of ether oxygens (including phenoxy) is 3. The van der Waals surface area contributed by atoms with Crippen LogP contribution in [0.3, 0.4) is 0 Å². The molecule has 11 nitrogen and oxygen atoms in total. The quantitative estimate of drug-likeness (QED) is 0.211. The Morgan fingerprint density at radius 3 is 2.37 bits per heavy atom. The van der Waals surface area contributed by atoms with Gasteiger partial charge in [0.1, 0.15) is 12.3 Å². The SMILES string of the molecule is COc1cc(C(C)OC(=O)NC(C)O)c([N+](=O)[O-])cc1OCCCC(=O)NC(C)C. The second kappa shape index (κ2) is 11.8. The molecule has 0 spiro atoms. The minimum absolute atomic E-state index is 0.0422. The molecule has 1 rings (SSSR count). The van der Waals surface area contributed by atoms with Crippen molar-refractivity contribution >= 4 is 17.7 Å². The number of hydrogen-bond acceptors (Lipinski definition) is 8. The van der Waals surface area contributed by atoms with Gasteiger partial charge in [-0.15, -0.1) is 0 Å². The van der Waals surface area contributed by atoms with E-state index in [0.29, 0.717) is 6.42 Å². The average molecular weight is 427 g/mol. The number of benzene rings is 1. The molecule has 0 fully saturated rings. The molecule has 30 heavy (non-hydrogen) atoms. The van der Waals surface area contributed by atoms with Crippen LogP contribution in [0.5, 0.6) is 11.5 Å². The predicted octanol–water partition coefficient (Wildman–Crippen LogP) is 2.41. The molecule has 2 amide bonds. The van der Waals surface area contributed by atoms with Crippen molar-refractivity contribution in [3.8, 4) is 11.5 Å². The zero-order valence-corrected chi connectivity index (χ0v) is 17.8. The van der Waals surface area contributed by atoms with E-state index in [1.54, 1.807) is 0 Å². The van der Waals surface area contributed by atoms with Crippen LogP contribution in [0.4, 0.5) is 10.5 Å². The maximum absolute atomic E-state index is 11.7. The lowest BCUT2D eigenvalue weighted by atomic mass is 10.1. The fourth-order valence-electron chi connectivity index (χ4n) is 2.56. The molecular weight excluding hydrogens is 398 g/mol. The highest BCUT2D eigenvalue weighted by molar-refractivity contribution is 5.76. The van der Waals surface area contributed by atoms with Gasteiger partial charge < -0.3 is 24.6 Å². The maximum Gasteiger partial charge on any atom is 0.409 e. The molecule has 11 heteroatoms. The molecule has 0 bridgehead atoms. The summed E-state index contributed by atoms with van der Waals surface area (Å²) in [7, 11) is 1.37. The fourth-order valence-corrected chi connectivity index (χ4v) is 2.56. The van der Waals surface area contributed by atoms with Crippen molar-refractivity contribution in [1.82, 2.24) is 10.6 Å². The number of carbonyl (C=O) groups is 2. The van der Waals surface area contributed by atoms with Crippen molar-refractivity contribution in [3.05, 3.63) is 27.8 Å². The smallest absolute Gasteiger partial charge is 0.409 e. The lowest BCUT2D eigenvalue weighted by Gasteiger charge is -2.18. The average Bonchev–Trinajstić information content (AvgIpc) is 2.63. The minimum atomic E-state index is -1.13. The predicted molar refractivity (Wildman–Crippen MR) is 107 cm³/mol. The van der Waals surface area contributed by atoms with Crippen LogP contribution in [0.25, 0.3) is 0 Å². The highest BCUT2D eigenvalue weighted by atomic mass is 16.6. The van der Waals surface area contributed by atoms with Crippen LogP contribution in [0.15, 0.2) is 12.1 Å². The van der Waals surface area contributed by atoms with E-state index in [1.165, 1.54) is 33.1 Å². The number of nitrogens with one attached hydrogen (secondary N) is 2. The number of alkyl carbamates (subject to hydrolysis) is 1. The first-order valence-electron chi connectivity index (χ1n) is 9.48. The van der Waals surface area contributed by atoms with E-state index in [-0.39, 0.29) is 47.7 Å². The lowest BCUT2D eigenvalue weighted by molar-refractivity contribution is -0.386. The molecule has 0 saturated heterocycles. The summed E-state index contributed by atoms with van der Waals surface area (Å²) in [5, 5.41) is 25.6. The number of amides is 2. The molecule has 0 heterocycles. The van der Waals surface area contributed by atoms with E-state index in [1.807, 2.05) is 13.8 Å². The van der Waals surface area contributed by atoms with E-state index in [2.05, 4.69) is 10.6 Å². The number of nitro benzene ring substituents is 1. The van der Waals surface area contributed by atoms with Gasteiger partial charge in [-0.2, -0.15) is 0 Å². The third-order valence-electron chi connectivity index (χ3n) is 3.81. The number of aliphatic hydroxyl groups is 1. The van der Waals surface area contributed by atoms with Gasteiger partial charge >= 0.3 is 6.09 Å². The summed E-state index contributed by atoms with van der Waals surface area (Å²) in [5.74, 6) is 0.245. The normalized spacial score (nSPS) is 12.6. The zero-order chi connectivity index (χ0) is 22.8. The van der Waals surface area contributed by atoms with Gasteiger partial charge in [-0.3, -0.25) is 20.2 Å². The first kappa shape index (κ1) is 25.0. The van der Waals surface area contributed by atoms with Crippen LogP contribution in [0.2, 0.25) is 0 Å². The number of nitrogens with zero attached hydrogens (tertiary/aromatic N) is 1. The topological polar surface area (TPSA) is 149 Å². The van der Waals surface area contributed by atoms with Crippen LogP contribution >= 0.6 is 0 Å². The Bertz CT molecular complexity index is 752. The van der Waals surface area contributed by atoms with Gasteiger partial charge in [0, 0.05) is 12.5 Å². The number of nitro groups is 1. The highest BCUT2D eigenvalue weighted by Crippen LogP contribution is 2.38. The van der Waals surface area contributed by atoms with Crippen LogP contribution < -0.4 is 20.1 Å². The zero-order valence-electron chi connectivity index (χ0n) is 17.8. The standard InChI is InChI=1S/C19H29N3O8/c1-11(2)20-18(24)7-6-8-29-17-10-15(22(26)27)14(9-16(17)28-5)12(3)30-19(25)21-13(4)23/h9-13,23H,6-8H2,1-5H3,(H,20,24)(H,21,25). The number of rotatable bonds is 11. The van der Waals surface area contributed by atoms with E-state index in [0.717, 1.165) is 0 Å². The molecule has 2 unspecified atom stereocenters. The van der Waals surface area contributed by atoms with Gasteiger partial charge in [-0.25, -0.2) is 4.79 Å². The van der Waals surface area contributed by atoms with Crippen molar-refractivity contribution < 1.29 is 33.8 Å². The second-order valence-electron chi connectivity index (χ2n) is 6.86. The van der Waals surface area contributed by atoms with Crippen LogP contribution in [0.1, 0.15) is 52.2 Å². The molecule has 168 valence electrons. The first-order valence-corrected chi connectivity index (χ1v) is 9.48. The van der Waals surface area contributed by atoms with Crippen molar-refractivity contribution in [2.45, 2.75) is 58.9 Å². The molecule has 0 radical (unpaired) electrons. The Labute approximate surface area is 174 Å². The lowest BCUT2D eigenvalue weighted by Crippen LogP contribution is -2.33. The summed E-state index contributed by atoms with van der Waals surface area (Å²) in [6, 6.07) is 2.59. The van der Waals surface area contributed by atoms with Gasteiger partial charge in [-0.1, -0.05) is 0 Å². The van der Waals surface area contributed by atoms with Crippen LogP contribution in [0, 0.1) is 10.1 Å². The fraction of sp³-hybridized carbons (Fsp3) is 0.579. The molecule has 0 aromatic heterocycles. The number of methoxy groups -OCH3 is 1. The number of carbonyl (C=O) groups excluding carboxylic acids is 2. The summed E-state index contributed by atoms with van der Waals surface area (Å²) in [6.45, 7) is 6.66. The molecule has 3 N–H and O–H groups in total. The molecule has 0 aliphatic heterocycles. The van der Waals surface area contributed by atoms with Crippen molar-refractivity contribution in [2.75, 3.05) is 13.7 Å². The Morgan fingerprint density at radius 2 is 1.83 bits per heavy atom. The Hall–Kier alpha value is -3.08. The minimum Gasteiger partial charge on any atom is -0.493 e. The second-order valence-corrected chi connectivity index (χ2v) is 6.86. The van der Waals surface area contributed by atoms with Crippen LogP contribution in [-0.4, -0.2) is 48.0 Å². The van der Waals surface area contributed by atoms with E-state index < -0.39 is 23.3 Å². The molecule has 2 atom stereocenters. The highest BCUT2D eigenvalue weighted by Gasteiger charge is 2.26. The molecule has 1 aromatic carbocycles. The van der Waals surface area contributed by atoms with E-state index in [9.17, 15) is 19.7 Å². The van der Waals surface area contributed by atoms with Gasteiger partial charge in [0.2, 0.25) is 5.91 Å².